The van der Waals surface area contributed by atoms with Crippen molar-refractivity contribution in [1.82, 2.24) is 5.32 Å². The van der Waals surface area contributed by atoms with Gasteiger partial charge < -0.3 is 14.6 Å². The first-order valence-electron chi connectivity index (χ1n) is 8.70. The van der Waals surface area contributed by atoms with E-state index in [1.54, 1.807) is 0 Å². The molecule has 1 saturated heterocycles. The highest BCUT2D eigenvalue weighted by Gasteiger charge is 2.52. The molecule has 8 heteroatoms. The fourth-order valence-electron chi connectivity index (χ4n) is 2.64. The van der Waals surface area contributed by atoms with E-state index in [1.807, 2.05) is 34.6 Å². The summed E-state index contributed by atoms with van der Waals surface area (Å²) in [5.74, 6) is -0.204. The zero-order chi connectivity index (χ0) is 19.8. The van der Waals surface area contributed by atoms with E-state index in [9.17, 15) is 18.0 Å². The van der Waals surface area contributed by atoms with Crippen LogP contribution in [-0.4, -0.2) is 24.2 Å². The van der Waals surface area contributed by atoms with Gasteiger partial charge in [0.2, 0.25) is 5.91 Å². The lowest BCUT2D eigenvalue weighted by Gasteiger charge is -2.32. The van der Waals surface area contributed by atoms with Crippen molar-refractivity contribution < 1.29 is 27.3 Å². The summed E-state index contributed by atoms with van der Waals surface area (Å²) in [5.41, 5.74) is -1.15. The third-order valence-corrected chi connectivity index (χ3v) is 4.93. The second-order valence-electron chi connectivity index (χ2n) is 7.53. The third-order valence-electron chi connectivity index (χ3n) is 4.93. The molecule has 1 aromatic carbocycles. The predicted molar refractivity (Wildman–Crippen MR) is 93.9 cm³/mol. The predicted octanol–water partition coefficient (Wildman–Crippen LogP) is 3.42. The molecule has 1 aromatic rings. The SMILES string of the molecule is CCCC(=O)NCc1cc(C(F)(F)F)ccc1B1OC(C)(C)C(C)(C)O1. The lowest BCUT2D eigenvalue weighted by molar-refractivity contribution is -0.137. The zero-order valence-electron chi connectivity index (χ0n) is 15.8. The first-order valence-corrected chi connectivity index (χ1v) is 8.70. The molecule has 26 heavy (non-hydrogen) atoms. The van der Waals surface area contributed by atoms with Crippen molar-refractivity contribution >= 4 is 18.5 Å². The summed E-state index contributed by atoms with van der Waals surface area (Å²) >= 11 is 0. The van der Waals surface area contributed by atoms with E-state index in [0.717, 1.165) is 12.1 Å². The number of alkyl halides is 3. The van der Waals surface area contributed by atoms with Crippen molar-refractivity contribution in [3.05, 3.63) is 29.3 Å². The summed E-state index contributed by atoms with van der Waals surface area (Å²) < 4.78 is 51.2. The van der Waals surface area contributed by atoms with Crippen LogP contribution < -0.4 is 10.8 Å². The fourth-order valence-corrected chi connectivity index (χ4v) is 2.64. The quantitative estimate of drug-likeness (QED) is 0.807. The molecule has 0 aliphatic carbocycles. The van der Waals surface area contributed by atoms with Crippen LogP contribution in [0.2, 0.25) is 0 Å². The van der Waals surface area contributed by atoms with Crippen molar-refractivity contribution in [3.63, 3.8) is 0 Å². The Kier molecular flexibility index (Phi) is 5.78. The van der Waals surface area contributed by atoms with Gasteiger partial charge in [0.1, 0.15) is 0 Å². The Morgan fingerprint density at radius 3 is 2.23 bits per heavy atom. The van der Waals surface area contributed by atoms with Crippen molar-refractivity contribution in [2.75, 3.05) is 0 Å². The molecule has 4 nitrogen and oxygen atoms in total. The highest BCUT2D eigenvalue weighted by atomic mass is 19.4. The minimum Gasteiger partial charge on any atom is -0.399 e. The Labute approximate surface area is 152 Å². The molecule has 1 heterocycles. The van der Waals surface area contributed by atoms with Crippen molar-refractivity contribution in [2.45, 2.75) is 71.4 Å². The molecule has 0 aromatic heterocycles. The van der Waals surface area contributed by atoms with E-state index in [-0.39, 0.29) is 12.5 Å². The maximum atomic E-state index is 13.1. The smallest absolute Gasteiger partial charge is 0.399 e. The molecule has 1 N–H and O–H groups in total. The van der Waals surface area contributed by atoms with Gasteiger partial charge in [0.25, 0.3) is 0 Å². The Morgan fingerprint density at radius 1 is 1.15 bits per heavy atom. The number of carbonyl (C=O) groups is 1. The number of carbonyl (C=O) groups excluding carboxylic acids is 1. The van der Waals surface area contributed by atoms with E-state index in [4.69, 9.17) is 9.31 Å². The van der Waals surface area contributed by atoms with Crippen LogP contribution in [0, 0.1) is 0 Å². The summed E-state index contributed by atoms with van der Waals surface area (Å²) in [6, 6.07) is 3.43. The van der Waals surface area contributed by atoms with E-state index in [1.165, 1.54) is 6.07 Å². The van der Waals surface area contributed by atoms with Gasteiger partial charge in [-0.2, -0.15) is 13.2 Å². The number of amides is 1. The summed E-state index contributed by atoms with van der Waals surface area (Å²) in [6.07, 6.45) is -3.47. The summed E-state index contributed by atoms with van der Waals surface area (Å²) in [6.45, 7) is 9.35. The summed E-state index contributed by atoms with van der Waals surface area (Å²) in [4.78, 5) is 11.7. The van der Waals surface area contributed by atoms with Crippen LogP contribution in [0.1, 0.15) is 58.6 Å². The molecule has 0 atom stereocenters. The number of halogens is 3. The molecule has 0 unspecified atom stereocenters. The van der Waals surface area contributed by atoms with Gasteiger partial charge in [-0.25, -0.2) is 0 Å². The maximum Gasteiger partial charge on any atom is 0.495 e. The Hall–Kier alpha value is -1.54. The molecule has 1 aliphatic heterocycles. The van der Waals surface area contributed by atoms with Crippen LogP contribution in [0.3, 0.4) is 0 Å². The lowest BCUT2D eigenvalue weighted by Crippen LogP contribution is -2.41. The van der Waals surface area contributed by atoms with E-state index in [0.29, 0.717) is 23.9 Å². The van der Waals surface area contributed by atoms with Crippen molar-refractivity contribution in [3.8, 4) is 0 Å². The topological polar surface area (TPSA) is 47.6 Å². The summed E-state index contributed by atoms with van der Waals surface area (Å²) in [7, 11) is -0.791. The number of hydrogen-bond donors (Lipinski definition) is 1. The zero-order valence-corrected chi connectivity index (χ0v) is 15.8. The van der Waals surface area contributed by atoms with Gasteiger partial charge in [-0.05, 0) is 51.2 Å². The largest absolute Gasteiger partial charge is 0.495 e. The van der Waals surface area contributed by atoms with Crippen LogP contribution in [0.4, 0.5) is 13.2 Å². The minimum atomic E-state index is -4.46. The van der Waals surface area contributed by atoms with Gasteiger partial charge in [-0.15, -0.1) is 0 Å². The molecule has 0 bridgehead atoms. The molecule has 2 rings (SSSR count). The number of benzene rings is 1. The van der Waals surface area contributed by atoms with Crippen molar-refractivity contribution in [1.29, 1.82) is 0 Å². The van der Waals surface area contributed by atoms with Crippen LogP contribution in [0.25, 0.3) is 0 Å². The normalized spacial score (nSPS) is 18.8. The standard InChI is InChI=1S/C18H25BF3NO3/c1-6-7-15(24)23-11-12-10-13(18(20,21)22)8-9-14(12)19-25-16(2,3)17(4,5)26-19/h8-10H,6-7,11H2,1-5H3,(H,23,24). The second kappa shape index (κ2) is 7.23. The van der Waals surface area contributed by atoms with Gasteiger partial charge in [-0.1, -0.05) is 19.1 Å². The molecule has 144 valence electrons. The molecule has 1 aliphatic rings. The first-order chi connectivity index (χ1) is 11.9. The minimum absolute atomic E-state index is 0.0117. The van der Waals surface area contributed by atoms with Gasteiger partial charge in [0, 0.05) is 13.0 Å². The first kappa shape index (κ1) is 20.8. The summed E-state index contributed by atoms with van der Waals surface area (Å²) in [5, 5.41) is 2.67. The highest BCUT2D eigenvalue weighted by molar-refractivity contribution is 6.62. The molecular formula is C18H25BF3NO3. The number of hydrogen-bond acceptors (Lipinski definition) is 3. The molecular weight excluding hydrogens is 346 g/mol. The van der Waals surface area contributed by atoms with E-state index < -0.39 is 30.1 Å². The average molecular weight is 371 g/mol. The lowest BCUT2D eigenvalue weighted by atomic mass is 9.75. The second-order valence-corrected chi connectivity index (χ2v) is 7.53. The van der Waals surface area contributed by atoms with Crippen LogP contribution in [0.15, 0.2) is 18.2 Å². The monoisotopic (exact) mass is 371 g/mol. The molecule has 0 spiro atoms. The molecule has 0 saturated carbocycles. The van der Waals surface area contributed by atoms with E-state index >= 15 is 0 Å². The Balaban J connectivity index is 2.34. The Bertz CT molecular complexity index is 658. The molecule has 1 amide bonds. The van der Waals surface area contributed by atoms with Crippen molar-refractivity contribution in [2.24, 2.45) is 0 Å². The molecule has 1 fully saturated rings. The van der Waals surface area contributed by atoms with Gasteiger partial charge in [0.15, 0.2) is 0 Å². The van der Waals surface area contributed by atoms with Gasteiger partial charge in [-0.3, -0.25) is 4.79 Å². The van der Waals surface area contributed by atoms with Crippen LogP contribution in [-0.2, 0) is 26.8 Å². The number of nitrogens with one attached hydrogen (secondary N) is 1. The van der Waals surface area contributed by atoms with Crippen LogP contribution in [0.5, 0.6) is 0 Å². The van der Waals surface area contributed by atoms with E-state index in [2.05, 4.69) is 5.32 Å². The number of rotatable bonds is 5. The maximum absolute atomic E-state index is 13.1. The Morgan fingerprint density at radius 2 is 1.73 bits per heavy atom. The van der Waals surface area contributed by atoms with Gasteiger partial charge in [0.05, 0.1) is 16.8 Å². The average Bonchev–Trinajstić information content (AvgIpc) is 2.72. The highest BCUT2D eigenvalue weighted by Crippen LogP contribution is 2.37. The van der Waals surface area contributed by atoms with Gasteiger partial charge >= 0.3 is 13.3 Å². The van der Waals surface area contributed by atoms with Crippen LogP contribution >= 0.6 is 0 Å². The fraction of sp³-hybridized carbons (Fsp3) is 0.611. The third kappa shape index (κ3) is 4.41. The molecule has 0 radical (unpaired) electrons.